The maximum Gasteiger partial charge on any atom is 0.238 e. The molecular formula is C19H16ClN3O3. The van der Waals surface area contributed by atoms with E-state index in [9.17, 15) is 4.79 Å². The lowest BCUT2D eigenvalue weighted by Gasteiger charge is -2.19. The Bertz CT molecular complexity index is 863. The number of amides is 1. The second-order valence-corrected chi connectivity index (χ2v) is 6.07. The van der Waals surface area contributed by atoms with Crippen molar-refractivity contribution < 1.29 is 13.6 Å². The quantitative estimate of drug-likeness (QED) is 0.679. The molecule has 1 N–H and O–H groups in total. The van der Waals surface area contributed by atoms with Crippen molar-refractivity contribution in [2.45, 2.75) is 13.1 Å². The van der Waals surface area contributed by atoms with Gasteiger partial charge in [-0.3, -0.25) is 9.69 Å². The molecule has 0 unspecified atom stereocenters. The molecule has 0 saturated carbocycles. The van der Waals surface area contributed by atoms with Crippen LogP contribution in [0, 0.1) is 11.3 Å². The standard InChI is InChI=1S/C19H16ClN3O3/c20-18-9-15(6-5-14(18)10-21)22-19(24)13-23(11-16-3-1-7-25-16)12-17-4-2-8-26-17/h1-9H,11-13H2,(H,22,24). The third-order valence-corrected chi connectivity index (χ3v) is 3.97. The molecule has 7 heteroatoms. The first-order valence-electron chi connectivity index (χ1n) is 7.90. The second-order valence-electron chi connectivity index (χ2n) is 5.66. The van der Waals surface area contributed by atoms with Crippen molar-refractivity contribution in [3.05, 3.63) is 77.1 Å². The highest BCUT2D eigenvalue weighted by atomic mass is 35.5. The molecule has 26 heavy (non-hydrogen) atoms. The number of halogens is 1. The highest BCUT2D eigenvalue weighted by molar-refractivity contribution is 6.32. The fourth-order valence-corrected chi connectivity index (χ4v) is 2.72. The summed E-state index contributed by atoms with van der Waals surface area (Å²) >= 11 is 6.00. The summed E-state index contributed by atoms with van der Waals surface area (Å²) in [5, 5.41) is 12.0. The van der Waals surface area contributed by atoms with Crippen molar-refractivity contribution in [1.82, 2.24) is 4.90 Å². The number of rotatable bonds is 7. The van der Waals surface area contributed by atoms with E-state index >= 15 is 0 Å². The second kappa shape index (κ2) is 8.39. The molecule has 0 atom stereocenters. The number of nitrogens with zero attached hydrogens (tertiary/aromatic N) is 2. The number of nitriles is 1. The molecule has 2 heterocycles. The summed E-state index contributed by atoms with van der Waals surface area (Å²) in [5.41, 5.74) is 0.900. The molecule has 0 aliphatic heterocycles. The number of nitrogens with one attached hydrogen (secondary N) is 1. The number of furan rings is 2. The van der Waals surface area contributed by atoms with E-state index in [0.29, 0.717) is 29.4 Å². The van der Waals surface area contributed by atoms with Crippen molar-refractivity contribution in [1.29, 1.82) is 5.26 Å². The number of hydrogen-bond acceptors (Lipinski definition) is 5. The van der Waals surface area contributed by atoms with Crippen LogP contribution in [0.15, 0.2) is 63.8 Å². The van der Waals surface area contributed by atoms with Crippen LogP contribution in [0.5, 0.6) is 0 Å². The van der Waals surface area contributed by atoms with Crippen molar-refractivity contribution in [2.75, 3.05) is 11.9 Å². The predicted octanol–water partition coefficient (Wildman–Crippen LogP) is 4.04. The Morgan fingerprint density at radius 3 is 2.27 bits per heavy atom. The number of carbonyl (C=O) groups is 1. The van der Waals surface area contributed by atoms with Gasteiger partial charge in [0, 0.05) is 5.69 Å². The first kappa shape index (κ1) is 17.8. The van der Waals surface area contributed by atoms with Gasteiger partial charge in [0.1, 0.15) is 17.6 Å². The smallest absolute Gasteiger partial charge is 0.238 e. The van der Waals surface area contributed by atoms with E-state index in [1.165, 1.54) is 0 Å². The third kappa shape index (κ3) is 4.76. The van der Waals surface area contributed by atoms with Crippen LogP contribution >= 0.6 is 11.6 Å². The van der Waals surface area contributed by atoms with E-state index in [1.54, 1.807) is 42.9 Å². The van der Waals surface area contributed by atoms with Crippen molar-refractivity contribution in [3.63, 3.8) is 0 Å². The van der Waals surface area contributed by atoms with Gasteiger partial charge in [-0.25, -0.2) is 0 Å². The number of anilines is 1. The Kier molecular flexibility index (Phi) is 5.74. The molecule has 6 nitrogen and oxygen atoms in total. The molecule has 0 saturated heterocycles. The summed E-state index contributed by atoms with van der Waals surface area (Å²) in [4.78, 5) is 14.3. The average molecular weight is 370 g/mol. The maximum absolute atomic E-state index is 12.4. The van der Waals surface area contributed by atoms with Crippen LogP contribution in [0.3, 0.4) is 0 Å². The summed E-state index contributed by atoms with van der Waals surface area (Å²) in [6, 6.07) is 14.1. The van der Waals surface area contributed by atoms with E-state index in [1.807, 2.05) is 23.1 Å². The molecule has 0 spiro atoms. The fourth-order valence-electron chi connectivity index (χ4n) is 2.50. The Morgan fingerprint density at radius 1 is 1.12 bits per heavy atom. The Labute approximate surface area is 155 Å². The van der Waals surface area contributed by atoms with Gasteiger partial charge in [-0.15, -0.1) is 0 Å². The maximum atomic E-state index is 12.4. The van der Waals surface area contributed by atoms with Gasteiger partial charge in [0.25, 0.3) is 0 Å². The monoisotopic (exact) mass is 369 g/mol. The minimum atomic E-state index is -0.205. The van der Waals surface area contributed by atoms with Crippen LogP contribution in [0.1, 0.15) is 17.1 Å². The molecule has 3 aromatic rings. The van der Waals surface area contributed by atoms with E-state index in [2.05, 4.69) is 5.32 Å². The van der Waals surface area contributed by atoms with E-state index in [4.69, 9.17) is 25.7 Å². The molecule has 132 valence electrons. The molecule has 0 aliphatic carbocycles. The Morgan fingerprint density at radius 2 is 1.77 bits per heavy atom. The van der Waals surface area contributed by atoms with Crippen LogP contribution in [-0.2, 0) is 17.9 Å². The Balaban J connectivity index is 1.66. The highest BCUT2D eigenvalue weighted by Crippen LogP contribution is 2.20. The van der Waals surface area contributed by atoms with Gasteiger partial charge in [-0.2, -0.15) is 5.26 Å². The lowest BCUT2D eigenvalue weighted by molar-refractivity contribution is -0.117. The summed E-state index contributed by atoms with van der Waals surface area (Å²) in [7, 11) is 0. The predicted molar refractivity (Wildman–Crippen MR) is 96.3 cm³/mol. The number of benzene rings is 1. The van der Waals surface area contributed by atoms with E-state index < -0.39 is 0 Å². The number of carbonyl (C=O) groups excluding carboxylic acids is 1. The first-order valence-corrected chi connectivity index (χ1v) is 8.28. The van der Waals surface area contributed by atoms with Gasteiger partial charge in [-0.1, -0.05) is 11.6 Å². The van der Waals surface area contributed by atoms with Crippen LogP contribution in [0.4, 0.5) is 5.69 Å². The van der Waals surface area contributed by atoms with Gasteiger partial charge >= 0.3 is 0 Å². The van der Waals surface area contributed by atoms with E-state index in [-0.39, 0.29) is 12.5 Å². The molecule has 1 aromatic carbocycles. The zero-order valence-corrected chi connectivity index (χ0v) is 14.6. The van der Waals surface area contributed by atoms with Crippen LogP contribution in [-0.4, -0.2) is 17.4 Å². The zero-order valence-electron chi connectivity index (χ0n) is 13.8. The topological polar surface area (TPSA) is 82.4 Å². The fraction of sp³-hybridized carbons (Fsp3) is 0.158. The van der Waals surface area contributed by atoms with Crippen LogP contribution in [0.25, 0.3) is 0 Å². The average Bonchev–Trinajstić information content (AvgIpc) is 3.29. The van der Waals surface area contributed by atoms with Crippen molar-refractivity contribution in [2.24, 2.45) is 0 Å². The molecule has 0 fully saturated rings. The summed E-state index contributed by atoms with van der Waals surface area (Å²) < 4.78 is 10.7. The molecule has 1 amide bonds. The van der Waals surface area contributed by atoms with Gasteiger partial charge in [-0.05, 0) is 42.5 Å². The molecular weight excluding hydrogens is 354 g/mol. The third-order valence-electron chi connectivity index (χ3n) is 3.66. The molecule has 0 aliphatic rings. The SMILES string of the molecule is N#Cc1ccc(NC(=O)CN(Cc2ccco2)Cc2ccco2)cc1Cl. The minimum Gasteiger partial charge on any atom is -0.468 e. The highest BCUT2D eigenvalue weighted by Gasteiger charge is 2.15. The Hall–Kier alpha value is -3.01. The van der Waals surface area contributed by atoms with Crippen LogP contribution < -0.4 is 5.32 Å². The molecule has 0 radical (unpaired) electrons. The van der Waals surface area contributed by atoms with Gasteiger partial charge < -0.3 is 14.2 Å². The number of hydrogen-bond donors (Lipinski definition) is 1. The van der Waals surface area contributed by atoms with Gasteiger partial charge in [0.2, 0.25) is 5.91 Å². The zero-order chi connectivity index (χ0) is 18.4. The van der Waals surface area contributed by atoms with Crippen LogP contribution in [0.2, 0.25) is 5.02 Å². The minimum absolute atomic E-state index is 0.138. The largest absolute Gasteiger partial charge is 0.468 e. The lowest BCUT2D eigenvalue weighted by atomic mass is 10.2. The normalized spacial score (nSPS) is 10.7. The molecule has 0 bridgehead atoms. The summed E-state index contributed by atoms with van der Waals surface area (Å²) in [5.74, 6) is 1.31. The van der Waals surface area contributed by atoms with Gasteiger partial charge in [0.05, 0.1) is 42.7 Å². The summed E-state index contributed by atoms with van der Waals surface area (Å²) in [6.07, 6.45) is 3.19. The van der Waals surface area contributed by atoms with E-state index in [0.717, 1.165) is 11.5 Å². The van der Waals surface area contributed by atoms with Gasteiger partial charge in [0.15, 0.2) is 0 Å². The molecule has 3 rings (SSSR count). The van der Waals surface area contributed by atoms with Crippen molar-refractivity contribution in [3.8, 4) is 6.07 Å². The molecule has 2 aromatic heterocycles. The summed E-state index contributed by atoms with van der Waals surface area (Å²) in [6.45, 7) is 1.07. The van der Waals surface area contributed by atoms with Crippen molar-refractivity contribution >= 4 is 23.2 Å². The first-order chi connectivity index (χ1) is 12.6. The lowest BCUT2D eigenvalue weighted by Crippen LogP contribution is -2.32.